The van der Waals surface area contributed by atoms with Crippen LogP contribution < -0.4 is 19.5 Å². The highest BCUT2D eigenvalue weighted by Gasteiger charge is 2.12. The van der Waals surface area contributed by atoms with E-state index in [9.17, 15) is 14.0 Å². The maximum Gasteiger partial charge on any atom is 0.344 e. The third-order valence-corrected chi connectivity index (χ3v) is 3.22. The Hall–Kier alpha value is -3.29. The summed E-state index contributed by atoms with van der Waals surface area (Å²) in [7, 11) is 2.96. The number of halogens is 1. The van der Waals surface area contributed by atoms with Crippen molar-refractivity contribution in [1.29, 1.82) is 0 Å². The molecule has 0 saturated carbocycles. The zero-order valence-corrected chi connectivity index (χ0v) is 14.3. The fourth-order valence-electron chi connectivity index (χ4n) is 1.96. The number of ether oxygens (including phenoxy) is 4. The second kappa shape index (κ2) is 9.26. The summed E-state index contributed by atoms with van der Waals surface area (Å²) in [5, 5.41) is 2.57. The number of nitrogens with one attached hydrogen (secondary N) is 1. The Kier molecular flexibility index (Phi) is 6.78. The van der Waals surface area contributed by atoms with Crippen molar-refractivity contribution < 1.29 is 32.9 Å². The SMILES string of the molecule is COc1ccc(OC)c(NC(=O)COC(=O)COc2ccc(F)cc2)c1. The number of carbonyl (C=O) groups excluding carboxylic acids is 2. The van der Waals surface area contributed by atoms with Crippen LogP contribution >= 0.6 is 0 Å². The monoisotopic (exact) mass is 363 g/mol. The van der Waals surface area contributed by atoms with E-state index in [1.807, 2.05) is 0 Å². The maximum atomic E-state index is 12.8. The van der Waals surface area contributed by atoms with E-state index in [-0.39, 0.29) is 0 Å². The number of rotatable bonds is 8. The van der Waals surface area contributed by atoms with Gasteiger partial charge >= 0.3 is 5.97 Å². The van der Waals surface area contributed by atoms with Crippen LogP contribution in [0, 0.1) is 5.82 Å². The minimum absolute atomic E-state index is 0.314. The lowest BCUT2D eigenvalue weighted by Gasteiger charge is -2.12. The quantitative estimate of drug-likeness (QED) is 0.725. The van der Waals surface area contributed by atoms with Gasteiger partial charge in [-0.2, -0.15) is 0 Å². The molecule has 0 aromatic heterocycles. The van der Waals surface area contributed by atoms with Crippen LogP contribution in [0.1, 0.15) is 0 Å². The van der Waals surface area contributed by atoms with Crippen LogP contribution in [0.3, 0.4) is 0 Å². The molecule has 2 aromatic rings. The van der Waals surface area contributed by atoms with Crippen LogP contribution in [0.4, 0.5) is 10.1 Å². The lowest BCUT2D eigenvalue weighted by molar-refractivity contribution is -0.149. The summed E-state index contributed by atoms with van der Waals surface area (Å²) < 4.78 is 33.0. The number of carbonyl (C=O) groups is 2. The molecule has 0 bridgehead atoms. The third-order valence-electron chi connectivity index (χ3n) is 3.22. The first-order valence-corrected chi connectivity index (χ1v) is 7.57. The van der Waals surface area contributed by atoms with E-state index in [0.717, 1.165) is 0 Å². The smallest absolute Gasteiger partial charge is 0.344 e. The molecule has 0 aliphatic heterocycles. The van der Waals surface area contributed by atoms with Crippen LogP contribution in [-0.2, 0) is 14.3 Å². The predicted molar refractivity (Wildman–Crippen MR) is 91.0 cm³/mol. The Morgan fingerprint density at radius 3 is 2.31 bits per heavy atom. The normalized spacial score (nSPS) is 9.96. The molecular formula is C18H18FNO6. The summed E-state index contributed by atoms with van der Waals surface area (Å²) in [6.07, 6.45) is 0. The fourth-order valence-corrected chi connectivity index (χ4v) is 1.96. The number of hydrogen-bond donors (Lipinski definition) is 1. The maximum absolute atomic E-state index is 12.8. The van der Waals surface area contributed by atoms with E-state index >= 15 is 0 Å². The number of hydrogen-bond acceptors (Lipinski definition) is 6. The Balaban J connectivity index is 1.81. The Morgan fingerprint density at radius 2 is 1.65 bits per heavy atom. The zero-order chi connectivity index (χ0) is 18.9. The number of esters is 1. The highest BCUT2D eigenvalue weighted by Crippen LogP contribution is 2.28. The molecule has 0 radical (unpaired) electrons. The average molecular weight is 363 g/mol. The van der Waals surface area contributed by atoms with Gasteiger partial charge in [0, 0.05) is 6.07 Å². The van der Waals surface area contributed by atoms with Crippen molar-refractivity contribution in [2.75, 3.05) is 32.8 Å². The summed E-state index contributed by atoms with van der Waals surface area (Å²) in [6.45, 7) is -0.895. The topological polar surface area (TPSA) is 83.1 Å². The largest absolute Gasteiger partial charge is 0.497 e. The molecule has 1 amide bonds. The lowest BCUT2D eigenvalue weighted by atomic mass is 10.2. The summed E-state index contributed by atoms with van der Waals surface area (Å²) in [4.78, 5) is 23.5. The van der Waals surface area contributed by atoms with E-state index in [0.29, 0.717) is 22.9 Å². The predicted octanol–water partition coefficient (Wildman–Crippen LogP) is 2.40. The Labute approximate surface area is 149 Å². The second-order valence-electron chi connectivity index (χ2n) is 5.02. The van der Waals surface area contributed by atoms with Gasteiger partial charge in [-0.1, -0.05) is 0 Å². The summed E-state index contributed by atoms with van der Waals surface area (Å²) in [5.74, 6) is -0.414. The highest BCUT2D eigenvalue weighted by molar-refractivity contribution is 5.94. The van der Waals surface area contributed by atoms with Gasteiger partial charge in [0.15, 0.2) is 13.2 Å². The molecule has 138 valence electrons. The van der Waals surface area contributed by atoms with Crippen LogP contribution in [0.15, 0.2) is 42.5 Å². The first kappa shape index (κ1) is 19.0. The minimum Gasteiger partial charge on any atom is -0.497 e. The molecule has 0 heterocycles. The van der Waals surface area contributed by atoms with E-state index in [4.69, 9.17) is 18.9 Å². The molecule has 2 rings (SSSR count). The Morgan fingerprint density at radius 1 is 0.962 bits per heavy atom. The summed E-state index contributed by atoms with van der Waals surface area (Å²) >= 11 is 0. The molecule has 0 aliphatic carbocycles. The lowest BCUT2D eigenvalue weighted by Crippen LogP contribution is -2.23. The molecule has 0 saturated heterocycles. The van der Waals surface area contributed by atoms with Gasteiger partial charge in [0.2, 0.25) is 0 Å². The van der Waals surface area contributed by atoms with Crippen LogP contribution in [-0.4, -0.2) is 39.3 Å². The molecule has 2 aromatic carbocycles. The molecule has 7 nitrogen and oxygen atoms in total. The van der Waals surface area contributed by atoms with Crippen LogP contribution in [0.25, 0.3) is 0 Å². The van der Waals surface area contributed by atoms with Crippen molar-refractivity contribution in [3.63, 3.8) is 0 Å². The van der Waals surface area contributed by atoms with Crippen LogP contribution in [0.2, 0.25) is 0 Å². The number of amides is 1. The van der Waals surface area contributed by atoms with Gasteiger partial charge < -0.3 is 24.3 Å². The van der Waals surface area contributed by atoms with Gasteiger partial charge in [-0.25, -0.2) is 9.18 Å². The first-order valence-electron chi connectivity index (χ1n) is 7.57. The van der Waals surface area contributed by atoms with Crippen molar-refractivity contribution >= 4 is 17.6 Å². The minimum atomic E-state index is -0.734. The first-order chi connectivity index (χ1) is 12.5. The van der Waals surface area contributed by atoms with Gasteiger partial charge in [-0.15, -0.1) is 0 Å². The van der Waals surface area contributed by atoms with Gasteiger partial charge in [0.1, 0.15) is 23.1 Å². The fraction of sp³-hybridized carbons (Fsp3) is 0.222. The average Bonchev–Trinajstić information content (AvgIpc) is 2.65. The Bertz CT molecular complexity index is 763. The number of methoxy groups -OCH3 is 2. The summed E-state index contributed by atoms with van der Waals surface area (Å²) in [5.41, 5.74) is 0.385. The molecule has 0 unspecified atom stereocenters. The van der Waals surface area contributed by atoms with Gasteiger partial charge in [0.25, 0.3) is 5.91 Å². The summed E-state index contributed by atoms with van der Waals surface area (Å²) in [6, 6.07) is 10.1. The third kappa shape index (κ3) is 5.66. The number of anilines is 1. The zero-order valence-electron chi connectivity index (χ0n) is 14.3. The van der Waals surface area contributed by atoms with Gasteiger partial charge in [-0.3, -0.25) is 4.79 Å². The van der Waals surface area contributed by atoms with Crippen molar-refractivity contribution in [1.82, 2.24) is 0 Å². The molecule has 26 heavy (non-hydrogen) atoms. The number of benzene rings is 2. The van der Waals surface area contributed by atoms with Gasteiger partial charge in [0.05, 0.1) is 19.9 Å². The van der Waals surface area contributed by atoms with Crippen molar-refractivity contribution in [3.8, 4) is 17.2 Å². The van der Waals surface area contributed by atoms with E-state index in [1.165, 1.54) is 38.5 Å². The van der Waals surface area contributed by atoms with E-state index in [1.54, 1.807) is 18.2 Å². The molecule has 1 N–H and O–H groups in total. The highest BCUT2D eigenvalue weighted by atomic mass is 19.1. The molecule has 0 atom stereocenters. The van der Waals surface area contributed by atoms with Crippen molar-refractivity contribution in [3.05, 3.63) is 48.3 Å². The molecule has 0 fully saturated rings. The van der Waals surface area contributed by atoms with Crippen LogP contribution in [0.5, 0.6) is 17.2 Å². The molecule has 0 spiro atoms. The molecular weight excluding hydrogens is 345 g/mol. The second-order valence-corrected chi connectivity index (χ2v) is 5.02. The van der Waals surface area contributed by atoms with E-state index < -0.39 is 30.9 Å². The van der Waals surface area contributed by atoms with E-state index in [2.05, 4.69) is 5.32 Å². The molecule has 0 aliphatic rings. The van der Waals surface area contributed by atoms with Gasteiger partial charge in [-0.05, 0) is 36.4 Å². The van der Waals surface area contributed by atoms with Crippen molar-refractivity contribution in [2.45, 2.75) is 0 Å². The molecule has 8 heteroatoms. The van der Waals surface area contributed by atoms with Crippen molar-refractivity contribution in [2.24, 2.45) is 0 Å². The standard InChI is InChI=1S/C18H18FNO6/c1-23-14-7-8-16(24-2)15(9-14)20-17(21)10-26-18(22)11-25-13-5-3-12(19)4-6-13/h3-9H,10-11H2,1-2H3,(H,20,21).